The minimum atomic E-state index is -1.33. The molecule has 0 radical (unpaired) electrons. The summed E-state index contributed by atoms with van der Waals surface area (Å²) < 4.78 is 0. The van der Waals surface area contributed by atoms with E-state index in [1.807, 2.05) is 0 Å². The van der Waals surface area contributed by atoms with Gasteiger partial charge in [0.05, 0.1) is 42.6 Å². The van der Waals surface area contributed by atoms with E-state index in [9.17, 15) is 15.3 Å². The number of nitrogens with zero attached hydrogens (tertiary/aromatic N) is 2. The molecule has 1 heterocycles. The van der Waals surface area contributed by atoms with Gasteiger partial charge in [0.25, 0.3) is 0 Å². The van der Waals surface area contributed by atoms with Crippen molar-refractivity contribution in [2.24, 2.45) is 0 Å². The van der Waals surface area contributed by atoms with Gasteiger partial charge < -0.3 is 25.5 Å². The van der Waals surface area contributed by atoms with Crippen LogP contribution in [-0.2, 0) is 0 Å². The lowest BCUT2D eigenvalue weighted by molar-refractivity contribution is -0.0630. The number of rotatable bonds is 7. The molecule has 0 saturated heterocycles. The van der Waals surface area contributed by atoms with E-state index in [1.165, 1.54) is 24.5 Å². The maximum absolute atomic E-state index is 9.83. The minimum Gasteiger partial charge on any atom is -0.393 e. The fourth-order valence-corrected chi connectivity index (χ4v) is 1.48. The highest BCUT2D eigenvalue weighted by molar-refractivity contribution is 5.43. The normalized spacial score (nSPS) is 17.9. The van der Waals surface area contributed by atoms with Crippen LogP contribution in [0.4, 0.5) is 0 Å². The topological polar surface area (TPSA) is 127 Å². The Morgan fingerprint density at radius 2 is 1.85 bits per heavy atom. The monoisotopic (exact) mass is 284 g/mol. The largest absolute Gasteiger partial charge is 0.393 e. The molecule has 7 heteroatoms. The summed E-state index contributed by atoms with van der Waals surface area (Å²) in [7, 11) is 0. The van der Waals surface area contributed by atoms with Gasteiger partial charge in [-0.2, -0.15) is 0 Å². The van der Waals surface area contributed by atoms with E-state index in [-0.39, 0.29) is 12.3 Å². The fourth-order valence-electron chi connectivity index (χ4n) is 1.48. The molecule has 0 amide bonds. The predicted octanol–water partition coefficient (Wildman–Crippen LogP) is -0.992. The Morgan fingerprint density at radius 1 is 1.15 bits per heavy atom. The van der Waals surface area contributed by atoms with E-state index >= 15 is 0 Å². The molecule has 0 aliphatic carbocycles. The first-order chi connectivity index (χ1) is 9.49. The molecule has 0 aromatic carbocycles. The van der Waals surface area contributed by atoms with Crippen LogP contribution in [0.15, 0.2) is 18.5 Å². The summed E-state index contributed by atoms with van der Waals surface area (Å²) in [6.45, 7) is 1.30. The summed E-state index contributed by atoms with van der Waals surface area (Å²) in [5.41, 5.74) is 0.573. The van der Waals surface area contributed by atoms with Crippen LogP contribution in [0, 0.1) is 0 Å². The van der Waals surface area contributed by atoms with Crippen molar-refractivity contribution in [1.82, 2.24) is 9.97 Å². The van der Waals surface area contributed by atoms with Gasteiger partial charge in [0, 0.05) is 0 Å². The van der Waals surface area contributed by atoms with Crippen LogP contribution in [-0.4, -0.2) is 60.4 Å². The quantitative estimate of drug-likeness (QED) is 0.435. The number of aromatic nitrogens is 2. The van der Waals surface area contributed by atoms with Gasteiger partial charge in [0.15, 0.2) is 0 Å². The van der Waals surface area contributed by atoms with E-state index in [4.69, 9.17) is 10.2 Å². The molecule has 1 unspecified atom stereocenters. The van der Waals surface area contributed by atoms with Crippen LogP contribution in [0.1, 0.15) is 30.8 Å². The van der Waals surface area contributed by atoms with Crippen molar-refractivity contribution < 1.29 is 25.5 Å². The molecule has 0 saturated carbocycles. The molecule has 112 valence electrons. The van der Waals surface area contributed by atoms with Crippen molar-refractivity contribution in [2.45, 2.75) is 37.8 Å². The first kappa shape index (κ1) is 16.7. The summed E-state index contributed by atoms with van der Waals surface area (Å²) in [6.07, 6.45) is 1.12. The van der Waals surface area contributed by atoms with Crippen molar-refractivity contribution in [3.63, 3.8) is 0 Å². The highest BCUT2D eigenvalue weighted by Crippen LogP contribution is 2.17. The van der Waals surface area contributed by atoms with Gasteiger partial charge in [-0.1, -0.05) is 13.0 Å². The lowest BCUT2D eigenvalue weighted by atomic mass is 10.0. The van der Waals surface area contributed by atoms with E-state index in [1.54, 1.807) is 6.92 Å². The lowest BCUT2D eigenvalue weighted by Crippen LogP contribution is -2.32. The lowest BCUT2D eigenvalue weighted by Gasteiger charge is -2.21. The molecule has 0 aliphatic heterocycles. The van der Waals surface area contributed by atoms with Gasteiger partial charge in [0.1, 0.15) is 12.2 Å². The molecule has 7 nitrogen and oxygen atoms in total. The second-order valence-electron chi connectivity index (χ2n) is 4.39. The molecule has 1 aromatic rings. The van der Waals surface area contributed by atoms with Gasteiger partial charge in [-0.3, -0.25) is 9.97 Å². The van der Waals surface area contributed by atoms with Crippen LogP contribution in [0.2, 0.25) is 0 Å². The Balaban J connectivity index is 2.73. The summed E-state index contributed by atoms with van der Waals surface area (Å²) in [5.74, 6) is 0. The number of aliphatic hydroxyl groups is 5. The molecular formula is C13H20N2O5. The fraction of sp³-hybridized carbons (Fsp3) is 0.538. The Bertz CT molecular complexity index is 423. The van der Waals surface area contributed by atoms with Crippen LogP contribution in [0.5, 0.6) is 0 Å². The molecule has 0 fully saturated rings. The summed E-state index contributed by atoms with van der Waals surface area (Å²) in [5, 5.41) is 46.8. The zero-order valence-corrected chi connectivity index (χ0v) is 11.2. The highest BCUT2D eigenvalue weighted by Gasteiger charge is 2.25. The standard InChI is InChI=1S/C13H20N2O5/c1-2-11(18)13(20)12(19)10-6-14-8(5-15-10)3-4-9(17)7-16/h3-6,9,11-13,16-20H,2,7H2,1H3/b4-3+/t9?,11-,12-,13-/m1/s1. The minimum absolute atomic E-state index is 0.143. The van der Waals surface area contributed by atoms with Crippen molar-refractivity contribution in [1.29, 1.82) is 0 Å². The third kappa shape index (κ3) is 4.62. The maximum Gasteiger partial charge on any atom is 0.126 e. The van der Waals surface area contributed by atoms with Crippen molar-refractivity contribution in [3.05, 3.63) is 29.9 Å². The average Bonchev–Trinajstić information content (AvgIpc) is 2.50. The molecule has 5 N–H and O–H groups in total. The first-order valence-corrected chi connectivity index (χ1v) is 6.32. The second-order valence-corrected chi connectivity index (χ2v) is 4.39. The van der Waals surface area contributed by atoms with Crippen LogP contribution < -0.4 is 0 Å². The third-order valence-corrected chi connectivity index (χ3v) is 2.81. The van der Waals surface area contributed by atoms with Crippen LogP contribution >= 0.6 is 0 Å². The number of aliphatic hydroxyl groups excluding tert-OH is 5. The van der Waals surface area contributed by atoms with Gasteiger partial charge in [-0.25, -0.2) is 0 Å². The Morgan fingerprint density at radius 3 is 2.35 bits per heavy atom. The van der Waals surface area contributed by atoms with Crippen molar-refractivity contribution in [2.75, 3.05) is 6.61 Å². The summed E-state index contributed by atoms with van der Waals surface area (Å²) >= 11 is 0. The van der Waals surface area contributed by atoms with E-state index in [0.29, 0.717) is 12.1 Å². The van der Waals surface area contributed by atoms with Gasteiger partial charge >= 0.3 is 0 Å². The Hall–Kier alpha value is -1.38. The van der Waals surface area contributed by atoms with E-state index in [2.05, 4.69) is 9.97 Å². The first-order valence-electron chi connectivity index (χ1n) is 6.32. The van der Waals surface area contributed by atoms with Gasteiger partial charge in [-0.05, 0) is 12.5 Å². The smallest absolute Gasteiger partial charge is 0.126 e. The van der Waals surface area contributed by atoms with Crippen LogP contribution in [0.3, 0.4) is 0 Å². The molecule has 0 bridgehead atoms. The molecule has 4 atom stereocenters. The summed E-state index contributed by atoms with van der Waals surface area (Å²) in [6, 6.07) is 0. The SMILES string of the molecule is CC[C@@H](O)[C@@H](O)[C@H](O)c1cnc(/C=C/C(O)CO)cn1. The van der Waals surface area contributed by atoms with Crippen molar-refractivity contribution in [3.8, 4) is 0 Å². The maximum atomic E-state index is 9.83. The Kier molecular flexibility index (Phi) is 6.69. The van der Waals surface area contributed by atoms with Gasteiger partial charge in [0.2, 0.25) is 0 Å². The van der Waals surface area contributed by atoms with E-state index < -0.39 is 24.4 Å². The molecule has 1 aromatic heterocycles. The van der Waals surface area contributed by atoms with E-state index in [0.717, 1.165) is 0 Å². The Labute approximate surface area is 116 Å². The second kappa shape index (κ2) is 8.03. The van der Waals surface area contributed by atoms with Gasteiger partial charge in [-0.15, -0.1) is 0 Å². The average molecular weight is 284 g/mol. The molecule has 0 aliphatic rings. The highest BCUT2D eigenvalue weighted by atomic mass is 16.4. The predicted molar refractivity (Wildman–Crippen MR) is 71.4 cm³/mol. The summed E-state index contributed by atoms with van der Waals surface area (Å²) in [4.78, 5) is 7.92. The molecule has 0 spiro atoms. The zero-order valence-electron chi connectivity index (χ0n) is 11.2. The van der Waals surface area contributed by atoms with Crippen molar-refractivity contribution >= 4 is 6.08 Å². The molecule has 20 heavy (non-hydrogen) atoms. The third-order valence-electron chi connectivity index (χ3n) is 2.81. The van der Waals surface area contributed by atoms with Crippen LogP contribution in [0.25, 0.3) is 6.08 Å². The molecule has 1 rings (SSSR count). The zero-order chi connectivity index (χ0) is 15.1. The number of hydrogen-bond acceptors (Lipinski definition) is 7. The molecular weight excluding hydrogens is 264 g/mol. The number of hydrogen-bond donors (Lipinski definition) is 5.